The van der Waals surface area contributed by atoms with Crippen LogP contribution in [0.5, 0.6) is 0 Å². The van der Waals surface area contributed by atoms with Gasteiger partial charge in [0.2, 0.25) is 0 Å². The monoisotopic (exact) mass is 154 g/mol. The summed E-state index contributed by atoms with van der Waals surface area (Å²) in [4.78, 5) is 0. The van der Waals surface area contributed by atoms with E-state index in [1.807, 2.05) is 0 Å². The Hall–Kier alpha value is 1.54. The standard InChI is InChI=1S/CH3.BrH.ClH.Mg/h1H3;2*1H;/q-1;;;+2/p-1. The van der Waals surface area contributed by atoms with Gasteiger partial charge in [0.1, 0.15) is 0 Å². The smallest absolute Gasteiger partial charge is 1.00 e. The molecule has 0 aliphatic carbocycles. The summed E-state index contributed by atoms with van der Waals surface area (Å²) in [6.07, 6.45) is 0. The third kappa shape index (κ3) is 9.64. The largest absolute Gasteiger partial charge is 2.00 e. The van der Waals surface area contributed by atoms with Crippen molar-refractivity contribution in [2.24, 2.45) is 0 Å². The van der Waals surface area contributed by atoms with E-state index in [1.165, 1.54) is 0 Å². The first-order valence-electron chi connectivity index (χ1n) is 0. The van der Waals surface area contributed by atoms with Crippen LogP contribution in [0.3, 0.4) is 0 Å². The van der Waals surface area contributed by atoms with E-state index in [2.05, 4.69) is 0 Å². The molecule has 0 atom stereocenters. The van der Waals surface area contributed by atoms with Crippen molar-refractivity contribution in [2.45, 2.75) is 0 Å². The van der Waals surface area contributed by atoms with E-state index in [0.717, 1.165) is 0 Å². The van der Waals surface area contributed by atoms with Crippen molar-refractivity contribution >= 4 is 35.5 Å². The zero-order valence-corrected chi connectivity index (χ0v) is 6.31. The first-order valence-corrected chi connectivity index (χ1v) is 0. The minimum Gasteiger partial charge on any atom is -1.00 e. The second-order valence-corrected chi connectivity index (χ2v) is 0. The van der Waals surface area contributed by atoms with Crippen LogP contribution in [0, 0.1) is 7.43 Å². The maximum absolute atomic E-state index is 0. The predicted molar refractivity (Wildman–Crippen MR) is 19.4 cm³/mol. The van der Waals surface area contributed by atoms with Crippen molar-refractivity contribution in [3.63, 3.8) is 0 Å². The third-order valence-electron chi connectivity index (χ3n) is 0. The van der Waals surface area contributed by atoms with Crippen molar-refractivity contribution in [3.8, 4) is 0 Å². The minimum absolute atomic E-state index is 0. The molecule has 0 aliphatic heterocycles. The SMILES string of the molecule is Cl.[Br-].[CH3-].[Mg+2]. The summed E-state index contributed by atoms with van der Waals surface area (Å²) >= 11 is 0. The van der Waals surface area contributed by atoms with Crippen LogP contribution >= 0.6 is 12.4 Å². The minimum atomic E-state index is 0. The fraction of sp³-hybridized carbons (Fsp3) is 0. The van der Waals surface area contributed by atoms with Crippen molar-refractivity contribution in [1.82, 2.24) is 0 Å². The molecule has 0 saturated carbocycles. The van der Waals surface area contributed by atoms with Crippen LogP contribution in [-0.4, -0.2) is 23.1 Å². The van der Waals surface area contributed by atoms with Gasteiger partial charge in [0.15, 0.2) is 0 Å². The summed E-state index contributed by atoms with van der Waals surface area (Å²) in [5, 5.41) is 0. The van der Waals surface area contributed by atoms with E-state index in [0.29, 0.717) is 0 Å². The van der Waals surface area contributed by atoms with E-state index in [4.69, 9.17) is 0 Å². The summed E-state index contributed by atoms with van der Waals surface area (Å²) < 4.78 is 0. The number of halogens is 2. The molecule has 0 heterocycles. The summed E-state index contributed by atoms with van der Waals surface area (Å²) in [6, 6.07) is 0. The normalized spacial score (nSPS) is 0. The molecule has 0 nitrogen and oxygen atoms in total. The van der Waals surface area contributed by atoms with Gasteiger partial charge in [0.25, 0.3) is 0 Å². The van der Waals surface area contributed by atoms with Crippen LogP contribution in [-0.2, 0) is 0 Å². The third-order valence-corrected chi connectivity index (χ3v) is 0. The molecule has 4 heavy (non-hydrogen) atoms. The second kappa shape index (κ2) is 24.0. The average molecular weight is 156 g/mol. The molecule has 0 amide bonds. The van der Waals surface area contributed by atoms with E-state index in [-0.39, 0.29) is 59.9 Å². The topological polar surface area (TPSA) is 0 Å². The van der Waals surface area contributed by atoms with Gasteiger partial charge in [0, 0.05) is 0 Å². The van der Waals surface area contributed by atoms with Crippen LogP contribution in [0.1, 0.15) is 0 Å². The molecule has 0 rings (SSSR count). The second-order valence-electron chi connectivity index (χ2n) is 0. The first kappa shape index (κ1) is 48.3. The Labute approximate surface area is 59.7 Å². The van der Waals surface area contributed by atoms with Crippen LogP contribution in [0.2, 0.25) is 0 Å². The van der Waals surface area contributed by atoms with Gasteiger partial charge in [-0.15, -0.1) is 12.4 Å². The Kier molecular flexibility index (Phi) is 290. The average Bonchev–Trinajstić information content (AvgIpc) is 0. The molecule has 0 saturated heterocycles. The van der Waals surface area contributed by atoms with Crippen LogP contribution < -0.4 is 17.0 Å². The predicted octanol–water partition coefficient (Wildman–Crippen LogP) is -2.50. The van der Waals surface area contributed by atoms with Gasteiger partial charge >= 0.3 is 23.1 Å². The van der Waals surface area contributed by atoms with Gasteiger partial charge in [-0.05, 0) is 0 Å². The van der Waals surface area contributed by atoms with Crippen molar-refractivity contribution in [3.05, 3.63) is 7.43 Å². The molecule has 0 aliphatic rings. The molecule has 0 N–H and O–H groups in total. The summed E-state index contributed by atoms with van der Waals surface area (Å²) in [5.41, 5.74) is 0. The van der Waals surface area contributed by atoms with Crippen molar-refractivity contribution < 1.29 is 17.0 Å². The van der Waals surface area contributed by atoms with Crippen molar-refractivity contribution in [1.29, 1.82) is 0 Å². The zero-order valence-electron chi connectivity index (χ0n) is 2.49. The van der Waals surface area contributed by atoms with Gasteiger partial charge in [-0.25, -0.2) is 0 Å². The Morgan fingerprint density at radius 3 is 1.00 bits per heavy atom. The Morgan fingerprint density at radius 2 is 1.00 bits per heavy atom. The van der Waals surface area contributed by atoms with Gasteiger partial charge < -0.3 is 24.4 Å². The summed E-state index contributed by atoms with van der Waals surface area (Å²) in [6.45, 7) is 0. The molecule has 0 aromatic carbocycles. The molecule has 0 aromatic heterocycles. The molecule has 3 heteroatoms. The van der Waals surface area contributed by atoms with E-state index in [1.54, 1.807) is 0 Å². The Bertz CT molecular complexity index is 8.00. The molecule has 24 valence electrons. The fourth-order valence-electron chi connectivity index (χ4n) is 0. The van der Waals surface area contributed by atoms with Gasteiger partial charge in [-0.3, -0.25) is 0 Å². The van der Waals surface area contributed by atoms with Crippen molar-refractivity contribution in [2.75, 3.05) is 0 Å². The summed E-state index contributed by atoms with van der Waals surface area (Å²) in [5.74, 6) is 0. The maximum Gasteiger partial charge on any atom is 2.00 e. The van der Waals surface area contributed by atoms with Crippen LogP contribution in [0.15, 0.2) is 0 Å². The molecule has 0 fully saturated rings. The van der Waals surface area contributed by atoms with Gasteiger partial charge in [-0.2, -0.15) is 0 Å². The van der Waals surface area contributed by atoms with Gasteiger partial charge in [-0.1, -0.05) is 0 Å². The van der Waals surface area contributed by atoms with Crippen LogP contribution in [0.4, 0.5) is 0 Å². The molecular weight excluding hydrogens is 152 g/mol. The van der Waals surface area contributed by atoms with E-state index < -0.39 is 0 Å². The molecule has 0 spiro atoms. The summed E-state index contributed by atoms with van der Waals surface area (Å²) in [7, 11) is 0. The number of hydrogen-bond acceptors (Lipinski definition) is 0. The van der Waals surface area contributed by atoms with E-state index >= 15 is 0 Å². The van der Waals surface area contributed by atoms with E-state index in [9.17, 15) is 0 Å². The zero-order chi connectivity index (χ0) is 0. The van der Waals surface area contributed by atoms with Gasteiger partial charge in [0.05, 0.1) is 0 Å². The molecule has 0 aromatic rings. The first-order chi connectivity index (χ1) is 0. The molecular formula is CH4BrClMg. The molecule has 0 bridgehead atoms. The Balaban J connectivity index is 0. The fourth-order valence-corrected chi connectivity index (χ4v) is 0. The van der Waals surface area contributed by atoms with Crippen LogP contribution in [0.25, 0.3) is 0 Å². The molecule has 0 unspecified atom stereocenters. The molecule has 0 radical (unpaired) electrons. The quantitative estimate of drug-likeness (QED) is 0.268. The maximum atomic E-state index is 0. The number of rotatable bonds is 0. The Morgan fingerprint density at radius 1 is 1.00 bits per heavy atom. The number of hydrogen-bond donors (Lipinski definition) is 0.